The SMILES string of the molecule is CC.CCC1=CC2=C(CC1)OCO2. The summed E-state index contributed by atoms with van der Waals surface area (Å²) in [5, 5.41) is 0. The zero-order valence-corrected chi connectivity index (χ0v) is 8.72. The van der Waals surface area contributed by atoms with Gasteiger partial charge in [-0.15, -0.1) is 0 Å². The molecular formula is C11H18O2. The largest absolute Gasteiger partial charge is 0.458 e. The minimum Gasteiger partial charge on any atom is -0.458 e. The number of allylic oxidation sites excluding steroid dienone is 3. The molecule has 0 spiro atoms. The van der Waals surface area contributed by atoms with E-state index in [1.54, 1.807) is 0 Å². The van der Waals surface area contributed by atoms with Gasteiger partial charge in [-0.3, -0.25) is 0 Å². The molecule has 0 aromatic carbocycles. The Kier molecular flexibility index (Phi) is 3.87. The Balaban J connectivity index is 0.000000396. The van der Waals surface area contributed by atoms with Gasteiger partial charge in [0.2, 0.25) is 6.79 Å². The molecule has 0 unspecified atom stereocenters. The van der Waals surface area contributed by atoms with E-state index >= 15 is 0 Å². The molecule has 1 heterocycles. The van der Waals surface area contributed by atoms with Crippen molar-refractivity contribution >= 4 is 0 Å². The third-order valence-electron chi connectivity index (χ3n) is 2.18. The Labute approximate surface area is 80.2 Å². The van der Waals surface area contributed by atoms with E-state index in [0.717, 1.165) is 30.8 Å². The molecule has 2 rings (SSSR count). The van der Waals surface area contributed by atoms with Crippen molar-refractivity contribution in [3.05, 3.63) is 23.2 Å². The number of ether oxygens (including phenoxy) is 2. The third kappa shape index (κ3) is 2.27. The fourth-order valence-electron chi connectivity index (χ4n) is 1.44. The smallest absolute Gasteiger partial charge is 0.230 e. The molecule has 0 aromatic rings. The predicted octanol–water partition coefficient (Wildman–Crippen LogP) is 3.36. The van der Waals surface area contributed by atoms with E-state index in [2.05, 4.69) is 13.0 Å². The normalized spacial score (nSPS) is 19.2. The Morgan fingerprint density at radius 3 is 2.69 bits per heavy atom. The molecule has 0 fully saturated rings. The van der Waals surface area contributed by atoms with Crippen molar-refractivity contribution in [3.8, 4) is 0 Å². The first-order valence-corrected chi connectivity index (χ1v) is 5.08. The maximum absolute atomic E-state index is 5.27. The van der Waals surface area contributed by atoms with Crippen LogP contribution in [0.15, 0.2) is 23.2 Å². The van der Waals surface area contributed by atoms with Crippen LogP contribution in [0.1, 0.15) is 40.0 Å². The van der Waals surface area contributed by atoms with E-state index in [-0.39, 0.29) is 0 Å². The lowest BCUT2D eigenvalue weighted by atomic mass is 10.0. The average Bonchev–Trinajstić information content (AvgIpc) is 2.67. The second kappa shape index (κ2) is 4.95. The van der Waals surface area contributed by atoms with E-state index < -0.39 is 0 Å². The summed E-state index contributed by atoms with van der Waals surface area (Å²) in [7, 11) is 0. The second-order valence-electron chi connectivity index (χ2n) is 2.85. The number of rotatable bonds is 1. The van der Waals surface area contributed by atoms with Gasteiger partial charge in [-0.1, -0.05) is 26.3 Å². The lowest BCUT2D eigenvalue weighted by Gasteiger charge is -2.10. The van der Waals surface area contributed by atoms with E-state index in [9.17, 15) is 0 Å². The van der Waals surface area contributed by atoms with E-state index in [0.29, 0.717) is 6.79 Å². The van der Waals surface area contributed by atoms with Crippen LogP contribution in [-0.4, -0.2) is 6.79 Å². The Morgan fingerprint density at radius 2 is 2.00 bits per heavy atom. The lowest BCUT2D eigenvalue weighted by Crippen LogP contribution is -1.95. The predicted molar refractivity (Wildman–Crippen MR) is 53.0 cm³/mol. The Morgan fingerprint density at radius 1 is 1.23 bits per heavy atom. The van der Waals surface area contributed by atoms with Crippen LogP contribution in [0.4, 0.5) is 0 Å². The molecule has 0 bridgehead atoms. The first-order chi connectivity index (χ1) is 6.40. The molecule has 0 radical (unpaired) electrons. The standard InChI is InChI=1S/C9H12O2.C2H6/c1-2-7-3-4-8-9(5-7)11-6-10-8;1-2/h5H,2-4,6H2,1H3;1-2H3. The molecule has 0 atom stereocenters. The van der Waals surface area contributed by atoms with Gasteiger partial charge in [-0.2, -0.15) is 0 Å². The lowest BCUT2D eigenvalue weighted by molar-refractivity contribution is 0.0729. The highest BCUT2D eigenvalue weighted by Crippen LogP contribution is 2.30. The van der Waals surface area contributed by atoms with Crippen LogP contribution in [0.25, 0.3) is 0 Å². The topological polar surface area (TPSA) is 18.5 Å². The summed E-state index contributed by atoms with van der Waals surface area (Å²) in [6, 6.07) is 0. The van der Waals surface area contributed by atoms with Crippen LogP contribution in [0.5, 0.6) is 0 Å². The zero-order chi connectivity index (χ0) is 9.68. The number of hydrogen-bond donors (Lipinski definition) is 0. The van der Waals surface area contributed by atoms with Gasteiger partial charge >= 0.3 is 0 Å². The van der Waals surface area contributed by atoms with E-state index in [1.165, 1.54) is 5.57 Å². The van der Waals surface area contributed by atoms with Gasteiger partial charge in [0.05, 0.1) is 0 Å². The van der Waals surface area contributed by atoms with Crippen LogP contribution < -0.4 is 0 Å². The minimum absolute atomic E-state index is 0.415. The van der Waals surface area contributed by atoms with Crippen LogP contribution in [-0.2, 0) is 9.47 Å². The minimum atomic E-state index is 0.415. The molecule has 0 aromatic heterocycles. The molecule has 0 saturated heterocycles. The summed E-state index contributed by atoms with van der Waals surface area (Å²) < 4.78 is 10.5. The van der Waals surface area contributed by atoms with Crippen molar-refractivity contribution < 1.29 is 9.47 Å². The average molecular weight is 182 g/mol. The van der Waals surface area contributed by atoms with Crippen molar-refractivity contribution in [2.45, 2.75) is 40.0 Å². The molecular weight excluding hydrogens is 164 g/mol. The zero-order valence-electron chi connectivity index (χ0n) is 8.72. The third-order valence-corrected chi connectivity index (χ3v) is 2.18. The van der Waals surface area contributed by atoms with Crippen LogP contribution >= 0.6 is 0 Å². The van der Waals surface area contributed by atoms with Crippen LogP contribution in [0.2, 0.25) is 0 Å². The van der Waals surface area contributed by atoms with Crippen molar-refractivity contribution in [1.82, 2.24) is 0 Å². The molecule has 1 aliphatic carbocycles. The molecule has 2 aliphatic rings. The summed E-state index contributed by atoms with van der Waals surface area (Å²) in [5.74, 6) is 2.01. The van der Waals surface area contributed by atoms with Crippen molar-refractivity contribution in [1.29, 1.82) is 0 Å². The Bertz CT molecular complexity index is 226. The maximum Gasteiger partial charge on any atom is 0.230 e. The fourth-order valence-corrected chi connectivity index (χ4v) is 1.44. The molecule has 2 nitrogen and oxygen atoms in total. The molecule has 0 saturated carbocycles. The van der Waals surface area contributed by atoms with Gasteiger partial charge in [0.1, 0.15) is 5.76 Å². The molecule has 2 heteroatoms. The van der Waals surface area contributed by atoms with Crippen molar-refractivity contribution in [2.24, 2.45) is 0 Å². The monoisotopic (exact) mass is 182 g/mol. The highest BCUT2D eigenvalue weighted by molar-refractivity contribution is 5.27. The maximum atomic E-state index is 5.27. The van der Waals surface area contributed by atoms with E-state index in [1.807, 2.05) is 13.8 Å². The molecule has 0 N–H and O–H groups in total. The van der Waals surface area contributed by atoms with Gasteiger partial charge in [-0.25, -0.2) is 0 Å². The molecule has 74 valence electrons. The highest BCUT2D eigenvalue weighted by Gasteiger charge is 2.19. The quantitative estimate of drug-likeness (QED) is 0.619. The van der Waals surface area contributed by atoms with Crippen molar-refractivity contribution in [3.63, 3.8) is 0 Å². The van der Waals surface area contributed by atoms with Gasteiger partial charge in [-0.05, 0) is 18.9 Å². The van der Waals surface area contributed by atoms with Gasteiger partial charge in [0.15, 0.2) is 5.76 Å². The summed E-state index contributed by atoms with van der Waals surface area (Å²) in [6.07, 6.45) is 5.40. The van der Waals surface area contributed by atoms with Gasteiger partial charge in [0, 0.05) is 6.42 Å². The Hall–Kier alpha value is -0.920. The molecule has 0 amide bonds. The van der Waals surface area contributed by atoms with Gasteiger partial charge < -0.3 is 9.47 Å². The van der Waals surface area contributed by atoms with Crippen LogP contribution in [0.3, 0.4) is 0 Å². The van der Waals surface area contributed by atoms with E-state index in [4.69, 9.17) is 9.47 Å². The second-order valence-corrected chi connectivity index (χ2v) is 2.85. The first-order valence-electron chi connectivity index (χ1n) is 5.08. The van der Waals surface area contributed by atoms with Crippen LogP contribution in [0, 0.1) is 0 Å². The molecule has 1 aliphatic heterocycles. The highest BCUT2D eigenvalue weighted by atomic mass is 16.7. The van der Waals surface area contributed by atoms with Gasteiger partial charge in [0.25, 0.3) is 0 Å². The first kappa shape index (κ1) is 10.2. The summed E-state index contributed by atoms with van der Waals surface area (Å²) in [6.45, 7) is 6.59. The summed E-state index contributed by atoms with van der Waals surface area (Å²) in [4.78, 5) is 0. The summed E-state index contributed by atoms with van der Waals surface area (Å²) in [5.41, 5.74) is 1.47. The molecule has 13 heavy (non-hydrogen) atoms. The summed E-state index contributed by atoms with van der Waals surface area (Å²) >= 11 is 0. The van der Waals surface area contributed by atoms with Crippen molar-refractivity contribution in [2.75, 3.05) is 6.79 Å². The fraction of sp³-hybridized carbons (Fsp3) is 0.636. The number of hydrogen-bond acceptors (Lipinski definition) is 2.